The van der Waals surface area contributed by atoms with Gasteiger partial charge in [-0.05, 0) is 62.7 Å². The molecule has 4 aromatic rings. The number of aryl methyl sites for hydroxylation is 2. The van der Waals surface area contributed by atoms with Crippen LogP contribution in [0.2, 0.25) is 10.0 Å². The summed E-state index contributed by atoms with van der Waals surface area (Å²) in [4.78, 5) is 17.9. The van der Waals surface area contributed by atoms with Gasteiger partial charge in [0.05, 0.1) is 27.8 Å². The van der Waals surface area contributed by atoms with Gasteiger partial charge in [0.2, 0.25) is 0 Å². The molecule has 32 heavy (non-hydrogen) atoms. The fourth-order valence-electron chi connectivity index (χ4n) is 3.77. The number of hydrogen-bond acceptors (Lipinski definition) is 3. The molecule has 0 saturated carbocycles. The van der Waals surface area contributed by atoms with Gasteiger partial charge in [0.25, 0.3) is 5.56 Å². The van der Waals surface area contributed by atoms with E-state index in [-0.39, 0.29) is 5.56 Å². The molecular weight excluding hydrogens is 511 g/mol. The summed E-state index contributed by atoms with van der Waals surface area (Å²) >= 11 is 15.9. The van der Waals surface area contributed by atoms with Crippen LogP contribution in [0.3, 0.4) is 0 Å². The lowest BCUT2D eigenvalue weighted by molar-refractivity contribution is 0.703. The Bertz CT molecular complexity index is 1420. The molecule has 8 heteroatoms. The van der Waals surface area contributed by atoms with Crippen molar-refractivity contribution in [3.63, 3.8) is 0 Å². The van der Waals surface area contributed by atoms with Gasteiger partial charge in [0.15, 0.2) is 0 Å². The van der Waals surface area contributed by atoms with Crippen molar-refractivity contribution in [2.45, 2.75) is 33.6 Å². The highest BCUT2D eigenvalue weighted by Crippen LogP contribution is 2.28. The van der Waals surface area contributed by atoms with Gasteiger partial charge in [-0.1, -0.05) is 46.1 Å². The first-order valence-electron chi connectivity index (χ1n) is 10.2. The van der Waals surface area contributed by atoms with Crippen molar-refractivity contribution in [1.29, 1.82) is 0 Å². The van der Waals surface area contributed by atoms with Gasteiger partial charge in [-0.15, -0.1) is 0 Å². The molecule has 5 nitrogen and oxygen atoms in total. The Morgan fingerprint density at radius 2 is 1.91 bits per heavy atom. The predicted octanol–water partition coefficient (Wildman–Crippen LogP) is 6.71. The SMILES string of the molecule is CCCc1nc2ccc(Br)cc2c(=O)n1N=Cc1cc(C)n(-c2ccc(Cl)cc2Cl)c1C. The highest BCUT2D eigenvalue weighted by Gasteiger charge is 2.14. The molecule has 0 saturated heterocycles. The van der Waals surface area contributed by atoms with Crippen molar-refractivity contribution in [3.8, 4) is 5.69 Å². The molecule has 0 N–H and O–H groups in total. The molecule has 164 valence electrons. The standard InChI is InChI=1S/C24H21BrCl2N4O/c1-4-5-23-29-21-8-6-17(25)11-19(21)24(32)31(23)28-13-16-10-14(2)30(15(16)3)22-9-7-18(26)12-20(22)27/h6-13H,4-5H2,1-3H3. The number of rotatable bonds is 5. The molecule has 0 aliphatic carbocycles. The zero-order valence-electron chi connectivity index (χ0n) is 17.9. The molecule has 0 amide bonds. The lowest BCUT2D eigenvalue weighted by Gasteiger charge is -2.12. The monoisotopic (exact) mass is 530 g/mol. The number of halogens is 3. The topological polar surface area (TPSA) is 52.2 Å². The number of hydrogen-bond donors (Lipinski definition) is 0. The van der Waals surface area contributed by atoms with Crippen molar-refractivity contribution < 1.29 is 0 Å². The van der Waals surface area contributed by atoms with Crippen LogP contribution < -0.4 is 5.56 Å². The Morgan fingerprint density at radius 1 is 1.12 bits per heavy atom. The summed E-state index contributed by atoms with van der Waals surface area (Å²) in [6.07, 6.45) is 3.21. The first-order chi connectivity index (χ1) is 15.3. The van der Waals surface area contributed by atoms with E-state index >= 15 is 0 Å². The van der Waals surface area contributed by atoms with Crippen LogP contribution in [0.1, 0.15) is 36.1 Å². The van der Waals surface area contributed by atoms with E-state index in [0.29, 0.717) is 33.2 Å². The number of fused-ring (bicyclic) bond motifs is 1. The third-order valence-electron chi connectivity index (χ3n) is 5.28. The largest absolute Gasteiger partial charge is 0.316 e. The Balaban J connectivity index is 1.82. The van der Waals surface area contributed by atoms with E-state index in [1.807, 2.05) is 48.7 Å². The second-order valence-electron chi connectivity index (χ2n) is 7.56. The van der Waals surface area contributed by atoms with Crippen LogP contribution in [0, 0.1) is 13.8 Å². The summed E-state index contributed by atoms with van der Waals surface area (Å²) in [6, 6.07) is 12.9. The van der Waals surface area contributed by atoms with Crippen LogP contribution in [-0.4, -0.2) is 20.4 Å². The van der Waals surface area contributed by atoms with E-state index in [4.69, 9.17) is 23.2 Å². The third kappa shape index (κ3) is 4.27. The number of aromatic nitrogens is 3. The van der Waals surface area contributed by atoms with Crippen LogP contribution in [0.25, 0.3) is 16.6 Å². The summed E-state index contributed by atoms with van der Waals surface area (Å²) < 4.78 is 4.27. The van der Waals surface area contributed by atoms with Crippen molar-refractivity contribution in [1.82, 2.24) is 14.2 Å². The summed E-state index contributed by atoms with van der Waals surface area (Å²) in [5, 5.41) is 6.22. The molecule has 0 fully saturated rings. The molecule has 0 aliphatic rings. The molecule has 2 aromatic heterocycles. The molecule has 4 rings (SSSR count). The Morgan fingerprint density at radius 3 is 2.62 bits per heavy atom. The molecular formula is C24H21BrCl2N4O. The second-order valence-corrected chi connectivity index (χ2v) is 9.32. The molecule has 0 atom stereocenters. The fourth-order valence-corrected chi connectivity index (χ4v) is 4.62. The third-order valence-corrected chi connectivity index (χ3v) is 6.31. The van der Waals surface area contributed by atoms with Gasteiger partial charge in [0.1, 0.15) is 5.82 Å². The van der Waals surface area contributed by atoms with Crippen molar-refractivity contribution >= 4 is 56.2 Å². The second kappa shape index (κ2) is 9.22. The quantitative estimate of drug-likeness (QED) is 0.269. The maximum atomic E-state index is 13.2. The maximum absolute atomic E-state index is 13.2. The van der Waals surface area contributed by atoms with Gasteiger partial charge in [0, 0.05) is 32.9 Å². The molecule has 0 aliphatic heterocycles. The number of benzene rings is 2. The molecule has 0 spiro atoms. The fraction of sp³-hybridized carbons (Fsp3) is 0.208. The van der Waals surface area contributed by atoms with Gasteiger partial charge in [-0.3, -0.25) is 4.79 Å². The summed E-state index contributed by atoms with van der Waals surface area (Å²) in [7, 11) is 0. The smallest absolute Gasteiger partial charge is 0.282 e. The molecule has 2 aromatic carbocycles. The van der Waals surface area contributed by atoms with Gasteiger partial charge in [-0.25, -0.2) is 4.98 Å². The van der Waals surface area contributed by atoms with Crippen LogP contribution in [0.15, 0.2) is 56.8 Å². The van der Waals surface area contributed by atoms with E-state index in [1.165, 1.54) is 4.68 Å². The van der Waals surface area contributed by atoms with E-state index in [1.54, 1.807) is 18.3 Å². The molecule has 2 heterocycles. The Hall–Kier alpha value is -2.41. The highest BCUT2D eigenvalue weighted by atomic mass is 79.9. The van der Waals surface area contributed by atoms with E-state index < -0.39 is 0 Å². The van der Waals surface area contributed by atoms with E-state index in [0.717, 1.165) is 33.5 Å². The highest BCUT2D eigenvalue weighted by molar-refractivity contribution is 9.10. The lowest BCUT2D eigenvalue weighted by Crippen LogP contribution is -2.22. The number of nitrogens with zero attached hydrogens (tertiary/aromatic N) is 4. The van der Waals surface area contributed by atoms with Gasteiger partial charge < -0.3 is 4.57 Å². The lowest BCUT2D eigenvalue weighted by atomic mass is 10.2. The van der Waals surface area contributed by atoms with Crippen molar-refractivity contribution in [2.75, 3.05) is 0 Å². The summed E-state index contributed by atoms with van der Waals surface area (Å²) in [5.41, 5.74) is 4.16. The first kappa shape index (κ1) is 22.8. The van der Waals surface area contributed by atoms with E-state index in [9.17, 15) is 4.79 Å². The normalized spacial score (nSPS) is 11.7. The maximum Gasteiger partial charge on any atom is 0.282 e. The molecule has 0 radical (unpaired) electrons. The zero-order chi connectivity index (χ0) is 23.0. The van der Waals surface area contributed by atoms with Crippen LogP contribution in [-0.2, 0) is 6.42 Å². The Labute approximate surface area is 204 Å². The van der Waals surface area contributed by atoms with Gasteiger partial charge >= 0.3 is 0 Å². The molecule has 0 bridgehead atoms. The van der Waals surface area contributed by atoms with Crippen molar-refractivity contribution in [3.05, 3.63) is 90.1 Å². The Kier molecular flexibility index (Phi) is 6.56. The summed E-state index contributed by atoms with van der Waals surface area (Å²) in [6.45, 7) is 6.04. The van der Waals surface area contributed by atoms with E-state index in [2.05, 4.69) is 32.9 Å². The average molecular weight is 532 g/mol. The minimum absolute atomic E-state index is 0.189. The van der Waals surface area contributed by atoms with Crippen molar-refractivity contribution in [2.24, 2.45) is 5.10 Å². The minimum Gasteiger partial charge on any atom is -0.316 e. The van der Waals surface area contributed by atoms with Crippen LogP contribution >= 0.6 is 39.1 Å². The first-order valence-corrected chi connectivity index (χ1v) is 11.7. The predicted molar refractivity (Wildman–Crippen MR) is 136 cm³/mol. The van der Waals surface area contributed by atoms with Crippen LogP contribution in [0.4, 0.5) is 0 Å². The minimum atomic E-state index is -0.189. The summed E-state index contributed by atoms with van der Waals surface area (Å²) in [5.74, 6) is 0.637. The van der Waals surface area contributed by atoms with Gasteiger partial charge in [-0.2, -0.15) is 9.78 Å². The molecule has 0 unspecified atom stereocenters. The van der Waals surface area contributed by atoms with Crippen LogP contribution in [0.5, 0.6) is 0 Å². The average Bonchev–Trinajstić information content (AvgIpc) is 3.02. The zero-order valence-corrected chi connectivity index (χ0v) is 21.0.